The van der Waals surface area contributed by atoms with E-state index in [1.54, 1.807) is 32.0 Å². The van der Waals surface area contributed by atoms with Gasteiger partial charge in [0.15, 0.2) is 0 Å². The summed E-state index contributed by atoms with van der Waals surface area (Å²) in [4.78, 5) is 11.8. The first-order valence-electron chi connectivity index (χ1n) is 5.47. The van der Waals surface area contributed by atoms with Crippen molar-refractivity contribution >= 4 is 16.9 Å². The van der Waals surface area contributed by atoms with E-state index in [4.69, 9.17) is 14.3 Å². The molecule has 0 aliphatic rings. The predicted octanol–water partition coefficient (Wildman–Crippen LogP) is 2.41. The van der Waals surface area contributed by atoms with Crippen LogP contribution in [0.2, 0.25) is 0 Å². The number of aliphatic hydroxyl groups excluding tert-OH is 1. The topological polar surface area (TPSA) is 59.7 Å². The second-order valence-electron chi connectivity index (χ2n) is 3.74. The Hall–Kier alpha value is -1.81. The summed E-state index contributed by atoms with van der Waals surface area (Å²) in [5.74, 6) is 0.146. The van der Waals surface area contributed by atoms with Crippen molar-refractivity contribution in [3.63, 3.8) is 0 Å². The summed E-state index contributed by atoms with van der Waals surface area (Å²) in [5.41, 5.74) is 1.81. The number of aliphatic hydroxyl groups is 1. The number of carbonyl (C=O) groups is 1. The summed E-state index contributed by atoms with van der Waals surface area (Å²) in [7, 11) is 0. The maximum Gasteiger partial charge on any atom is 0.342 e. The molecule has 0 saturated carbocycles. The molecule has 4 nitrogen and oxygen atoms in total. The third kappa shape index (κ3) is 2.03. The molecule has 0 spiro atoms. The van der Waals surface area contributed by atoms with Gasteiger partial charge in [-0.2, -0.15) is 0 Å². The highest BCUT2D eigenvalue weighted by Gasteiger charge is 2.19. The number of esters is 1. The van der Waals surface area contributed by atoms with E-state index in [-0.39, 0.29) is 12.6 Å². The van der Waals surface area contributed by atoms with Crippen molar-refractivity contribution in [2.24, 2.45) is 0 Å². The van der Waals surface area contributed by atoms with Crippen LogP contribution >= 0.6 is 0 Å². The molecule has 0 amide bonds. The van der Waals surface area contributed by atoms with Gasteiger partial charge in [0.2, 0.25) is 0 Å². The molecular weight excluding hydrogens is 220 g/mol. The largest absolute Gasteiger partial charge is 0.462 e. The Balaban J connectivity index is 2.60. The standard InChI is InChI=1S/C13H14O4/c1-3-16-13(15)12-8(2)17-11-5-4-9(7-14)6-10(11)12/h4-6,14H,3,7H2,1-2H3. The average Bonchev–Trinajstić information content (AvgIpc) is 2.64. The van der Waals surface area contributed by atoms with E-state index < -0.39 is 0 Å². The van der Waals surface area contributed by atoms with Gasteiger partial charge in [-0.25, -0.2) is 4.79 Å². The molecule has 1 aromatic carbocycles. The normalized spacial score (nSPS) is 10.8. The lowest BCUT2D eigenvalue weighted by Gasteiger charge is -2.01. The minimum atomic E-state index is -0.390. The molecule has 0 radical (unpaired) electrons. The number of aryl methyl sites for hydroxylation is 1. The van der Waals surface area contributed by atoms with Gasteiger partial charge in [0.1, 0.15) is 16.9 Å². The Morgan fingerprint density at radius 1 is 1.47 bits per heavy atom. The zero-order chi connectivity index (χ0) is 12.4. The first kappa shape index (κ1) is 11.7. The Morgan fingerprint density at radius 3 is 2.88 bits per heavy atom. The van der Waals surface area contributed by atoms with E-state index in [1.807, 2.05) is 0 Å². The lowest BCUT2D eigenvalue weighted by atomic mass is 10.1. The van der Waals surface area contributed by atoms with Crippen LogP contribution in [0.15, 0.2) is 22.6 Å². The van der Waals surface area contributed by atoms with E-state index >= 15 is 0 Å². The Labute approximate surface area is 98.8 Å². The third-order valence-corrected chi connectivity index (χ3v) is 2.59. The van der Waals surface area contributed by atoms with Gasteiger partial charge in [-0.15, -0.1) is 0 Å². The maximum atomic E-state index is 11.8. The zero-order valence-corrected chi connectivity index (χ0v) is 9.82. The van der Waals surface area contributed by atoms with Crippen LogP contribution in [0.25, 0.3) is 11.0 Å². The van der Waals surface area contributed by atoms with E-state index in [2.05, 4.69) is 0 Å². The van der Waals surface area contributed by atoms with Gasteiger partial charge in [-0.3, -0.25) is 0 Å². The molecule has 0 aliphatic heterocycles. The highest BCUT2D eigenvalue weighted by Crippen LogP contribution is 2.27. The minimum absolute atomic E-state index is 0.0670. The van der Waals surface area contributed by atoms with Crippen molar-refractivity contribution in [3.8, 4) is 0 Å². The number of ether oxygens (including phenoxy) is 1. The van der Waals surface area contributed by atoms with Crippen molar-refractivity contribution < 1.29 is 19.1 Å². The summed E-state index contributed by atoms with van der Waals surface area (Å²) < 4.78 is 10.5. The number of hydrogen-bond donors (Lipinski definition) is 1. The number of hydrogen-bond acceptors (Lipinski definition) is 4. The second-order valence-corrected chi connectivity index (χ2v) is 3.74. The van der Waals surface area contributed by atoms with Crippen molar-refractivity contribution in [2.45, 2.75) is 20.5 Å². The molecular formula is C13H14O4. The van der Waals surface area contributed by atoms with Crippen LogP contribution in [-0.4, -0.2) is 17.7 Å². The number of fused-ring (bicyclic) bond motifs is 1. The molecule has 90 valence electrons. The highest BCUT2D eigenvalue weighted by molar-refractivity contribution is 6.04. The van der Waals surface area contributed by atoms with Crippen LogP contribution in [0.3, 0.4) is 0 Å². The molecule has 0 atom stereocenters. The van der Waals surface area contributed by atoms with Gasteiger partial charge < -0.3 is 14.3 Å². The number of carbonyl (C=O) groups excluding carboxylic acids is 1. The van der Waals surface area contributed by atoms with Gasteiger partial charge in [0, 0.05) is 5.39 Å². The molecule has 2 aromatic rings. The molecule has 1 aromatic heterocycles. The highest BCUT2D eigenvalue weighted by atomic mass is 16.5. The maximum absolute atomic E-state index is 11.8. The van der Waals surface area contributed by atoms with Crippen LogP contribution in [0, 0.1) is 6.92 Å². The SMILES string of the molecule is CCOC(=O)c1c(C)oc2ccc(CO)cc12. The number of furan rings is 1. The molecule has 17 heavy (non-hydrogen) atoms. The predicted molar refractivity (Wildman–Crippen MR) is 62.8 cm³/mol. The summed E-state index contributed by atoms with van der Waals surface area (Å²) in [6.07, 6.45) is 0. The van der Waals surface area contributed by atoms with Crippen molar-refractivity contribution in [1.29, 1.82) is 0 Å². The molecule has 2 rings (SSSR count). The van der Waals surface area contributed by atoms with Crippen LogP contribution in [0.4, 0.5) is 0 Å². The van der Waals surface area contributed by atoms with Crippen LogP contribution < -0.4 is 0 Å². The van der Waals surface area contributed by atoms with Gasteiger partial charge >= 0.3 is 5.97 Å². The van der Waals surface area contributed by atoms with Crippen LogP contribution in [0.1, 0.15) is 28.6 Å². The monoisotopic (exact) mass is 234 g/mol. The molecule has 0 aliphatic carbocycles. The fourth-order valence-corrected chi connectivity index (χ4v) is 1.82. The van der Waals surface area contributed by atoms with Crippen LogP contribution in [-0.2, 0) is 11.3 Å². The first-order valence-corrected chi connectivity index (χ1v) is 5.47. The average molecular weight is 234 g/mol. The van der Waals surface area contributed by atoms with E-state index in [0.29, 0.717) is 28.9 Å². The van der Waals surface area contributed by atoms with E-state index in [0.717, 1.165) is 5.56 Å². The number of benzene rings is 1. The van der Waals surface area contributed by atoms with Gasteiger partial charge in [0.05, 0.1) is 13.2 Å². The minimum Gasteiger partial charge on any atom is -0.462 e. The molecule has 1 N–H and O–H groups in total. The molecule has 4 heteroatoms. The summed E-state index contributed by atoms with van der Waals surface area (Å²) in [6.45, 7) is 3.74. The molecule has 1 heterocycles. The zero-order valence-electron chi connectivity index (χ0n) is 9.82. The van der Waals surface area contributed by atoms with Crippen molar-refractivity contribution in [3.05, 3.63) is 35.1 Å². The first-order chi connectivity index (χ1) is 8.17. The second kappa shape index (κ2) is 4.59. The van der Waals surface area contributed by atoms with Crippen molar-refractivity contribution in [1.82, 2.24) is 0 Å². The molecule has 0 bridgehead atoms. The molecule has 0 saturated heterocycles. The van der Waals surface area contributed by atoms with Crippen molar-refractivity contribution in [2.75, 3.05) is 6.61 Å². The smallest absolute Gasteiger partial charge is 0.342 e. The third-order valence-electron chi connectivity index (χ3n) is 2.59. The molecule has 0 fully saturated rings. The summed E-state index contributed by atoms with van der Waals surface area (Å²) >= 11 is 0. The fourth-order valence-electron chi connectivity index (χ4n) is 1.82. The van der Waals surface area contributed by atoms with Gasteiger partial charge in [0.25, 0.3) is 0 Å². The lowest BCUT2D eigenvalue weighted by molar-refractivity contribution is 0.0526. The quantitative estimate of drug-likeness (QED) is 0.828. The van der Waals surface area contributed by atoms with Crippen LogP contribution in [0.5, 0.6) is 0 Å². The summed E-state index contributed by atoms with van der Waals surface area (Å²) in [5, 5.41) is 9.78. The van der Waals surface area contributed by atoms with E-state index in [1.165, 1.54) is 0 Å². The van der Waals surface area contributed by atoms with E-state index in [9.17, 15) is 4.79 Å². The fraction of sp³-hybridized carbons (Fsp3) is 0.308. The number of rotatable bonds is 3. The summed E-state index contributed by atoms with van der Waals surface area (Å²) in [6, 6.07) is 5.26. The Morgan fingerprint density at radius 2 is 2.24 bits per heavy atom. The lowest BCUT2D eigenvalue weighted by Crippen LogP contribution is -2.05. The Bertz CT molecular complexity index is 554. The molecule has 0 unspecified atom stereocenters. The Kier molecular flexibility index (Phi) is 3.15. The van der Waals surface area contributed by atoms with Gasteiger partial charge in [-0.1, -0.05) is 6.07 Å². The van der Waals surface area contributed by atoms with Gasteiger partial charge in [-0.05, 0) is 31.5 Å².